The number of para-hydroxylation sites is 1. The number of rotatable bonds is 2. The average molecular weight is 215 g/mol. The molecule has 4 nitrogen and oxygen atoms in total. The van der Waals surface area contributed by atoms with E-state index in [0.29, 0.717) is 18.3 Å². The molecular weight excluding hydrogens is 202 g/mol. The lowest BCUT2D eigenvalue weighted by atomic mass is 10.2. The third kappa shape index (κ3) is 1.56. The number of anilines is 1. The molecule has 2 heterocycles. The number of hydrogen-bond donors (Lipinski definition) is 0. The largest absolute Gasteiger partial charge is 0.424 e. The second kappa shape index (κ2) is 3.63. The third-order valence-corrected chi connectivity index (χ3v) is 2.88. The molecule has 0 saturated heterocycles. The van der Waals surface area contributed by atoms with Gasteiger partial charge < -0.3 is 9.32 Å². The highest BCUT2D eigenvalue weighted by molar-refractivity contribution is 5.57. The normalized spacial score (nSPS) is 14.2. The van der Waals surface area contributed by atoms with Crippen molar-refractivity contribution in [3.63, 3.8) is 0 Å². The molecule has 0 atom stereocenters. The Morgan fingerprint density at radius 3 is 3.00 bits per heavy atom. The Morgan fingerprint density at radius 1 is 1.31 bits per heavy atom. The van der Waals surface area contributed by atoms with Crippen molar-refractivity contribution in [3.05, 3.63) is 41.6 Å². The van der Waals surface area contributed by atoms with Crippen LogP contribution in [-0.4, -0.2) is 16.7 Å². The minimum Gasteiger partial charge on any atom is -0.424 e. The van der Waals surface area contributed by atoms with Gasteiger partial charge in [0.05, 0.1) is 6.54 Å². The van der Waals surface area contributed by atoms with E-state index in [9.17, 15) is 0 Å². The van der Waals surface area contributed by atoms with Gasteiger partial charge in [0.25, 0.3) is 0 Å². The van der Waals surface area contributed by atoms with Crippen molar-refractivity contribution in [2.24, 2.45) is 0 Å². The quantitative estimate of drug-likeness (QED) is 0.767. The first-order valence-corrected chi connectivity index (χ1v) is 5.45. The summed E-state index contributed by atoms with van der Waals surface area (Å²) in [6, 6.07) is 8.47. The Bertz CT molecular complexity index is 506. The maximum atomic E-state index is 5.40. The second-order valence-electron chi connectivity index (χ2n) is 4.02. The number of aromatic nitrogens is 2. The van der Waals surface area contributed by atoms with Gasteiger partial charge in [-0.15, -0.1) is 10.2 Å². The first-order chi connectivity index (χ1) is 7.83. The highest BCUT2D eigenvalue weighted by Gasteiger charge is 2.19. The smallest absolute Gasteiger partial charge is 0.235 e. The fraction of sp³-hybridized carbons (Fsp3) is 0.333. The monoisotopic (exact) mass is 215 g/mol. The van der Waals surface area contributed by atoms with Gasteiger partial charge in [0, 0.05) is 19.2 Å². The molecule has 0 aliphatic carbocycles. The summed E-state index contributed by atoms with van der Waals surface area (Å²) in [5, 5.41) is 7.87. The summed E-state index contributed by atoms with van der Waals surface area (Å²) in [7, 11) is 0. The van der Waals surface area contributed by atoms with Crippen LogP contribution in [0.15, 0.2) is 28.7 Å². The summed E-state index contributed by atoms with van der Waals surface area (Å²) >= 11 is 0. The molecule has 0 saturated carbocycles. The fourth-order valence-electron chi connectivity index (χ4n) is 2.14. The van der Waals surface area contributed by atoms with E-state index >= 15 is 0 Å². The van der Waals surface area contributed by atoms with Crippen molar-refractivity contribution < 1.29 is 4.42 Å². The van der Waals surface area contributed by atoms with Gasteiger partial charge in [0.1, 0.15) is 0 Å². The van der Waals surface area contributed by atoms with E-state index in [1.165, 1.54) is 11.3 Å². The zero-order valence-electron chi connectivity index (χ0n) is 9.18. The highest BCUT2D eigenvalue weighted by atomic mass is 16.4. The van der Waals surface area contributed by atoms with Crippen molar-refractivity contribution in [2.75, 3.05) is 11.4 Å². The molecule has 0 fully saturated rings. The SMILES string of the molecule is Cc1nnc(CN2CCc3ccccc32)o1. The molecule has 0 spiro atoms. The van der Waals surface area contributed by atoms with Gasteiger partial charge >= 0.3 is 0 Å². The summed E-state index contributed by atoms with van der Waals surface area (Å²) in [6.07, 6.45) is 1.10. The van der Waals surface area contributed by atoms with Crippen molar-refractivity contribution in [2.45, 2.75) is 19.9 Å². The van der Waals surface area contributed by atoms with Crippen LogP contribution in [-0.2, 0) is 13.0 Å². The van der Waals surface area contributed by atoms with Crippen LogP contribution in [0.1, 0.15) is 17.3 Å². The van der Waals surface area contributed by atoms with Gasteiger partial charge in [0.2, 0.25) is 11.8 Å². The Hall–Kier alpha value is -1.84. The molecule has 82 valence electrons. The lowest BCUT2D eigenvalue weighted by Gasteiger charge is -2.16. The summed E-state index contributed by atoms with van der Waals surface area (Å²) < 4.78 is 5.40. The predicted molar refractivity (Wildman–Crippen MR) is 60.2 cm³/mol. The molecule has 3 rings (SSSR count). The van der Waals surface area contributed by atoms with E-state index in [0.717, 1.165) is 13.0 Å². The molecule has 0 amide bonds. The zero-order valence-corrected chi connectivity index (χ0v) is 9.18. The second-order valence-corrected chi connectivity index (χ2v) is 4.02. The summed E-state index contributed by atoms with van der Waals surface area (Å²) in [5.74, 6) is 1.32. The van der Waals surface area contributed by atoms with E-state index in [1.807, 2.05) is 6.92 Å². The van der Waals surface area contributed by atoms with E-state index < -0.39 is 0 Å². The van der Waals surface area contributed by atoms with Gasteiger partial charge in [-0.3, -0.25) is 0 Å². The van der Waals surface area contributed by atoms with Crippen LogP contribution < -0.4 is 4.90 Å². The van der Waals surface area contributed by atoms with E-state index in [-0.39, 0.29) is 0 Å². The van der Waals surface area contributed by atoms with Crippen molar-refractivity contribution >= 4 is 5.69 Å². The van der Waals surface area contributed by atoms with Crippen LogP contribution in [0.25, 0.3) is 0 Å². The molecule has 16 heavy (non-hydrogen) atoms. The topological polar surface area (TPSA) is 42.2 Å². The molecule has 1 aromatic heterocycles. The average Bonchev–Trinajstić information content (AvgIpc) is 2.87. The predicted octanol–water partition coefficient (Wildman–Crippen LogP) is 1.94. The molecule has 0 unspecified atom stereocenters. The van der Waals surface area contributed by atoms with Gasteiger partial charge in [-0.25, -0.2) is 0 Å². The Labute approximate surface area is 93.9 Å². The fourth-order valence-corrected chi connectivity index (χ4v) is 2.14. The molecule has 0 bridgehead atoms. The molecule has 0 N–H and O–H groups in total. The molecule has 1 aliphatic rings. The van der Waals surface area contributed by atoms with Gasteiger partial charge in [0.15, 0.2) is 0 Å². The van der Waals surface area contributed by atoms with Gasteiger partial charge in [-0.05, 0) is 18.1 Å². The number of nitrogens with zero attached hydrogens (tertiary/aromatic N) is 3. The Kier molecular flexibility index (Phi) is 2.13. The maximum absolute atomic E-state index is 5.40. The molecule has 4 heteroatoms. The maximum Gasteiger partial charge on any atom is 0.235 e. The van der Waals surface area contributed by atoms with Crippen LogP contribution in [0, 0.1) is 6.92 Å². The number of aryl methyl sites for hydroxylation is 1. The molecule has 1 aromatic carbocycles. The Balaban J connectivity index is 1.83. The summed E-state index contributed by atoms with van der Waals surface area (Å²) in [5.41, 5.74) is 2.69. The number of hydrogen-bond acceptors (Lipinski definition) is 4. The van der Waals surface area contributed by atoms with Crippen LogP contribution in [0.2, 0.25) is 0 Å². The third-order valence-electron chi connectivity index (χ3n) is 2.88. The highest BCUT2D eigenvalue weighted by Crippen LogP contribution is 2.28. The summed E-state index contributed by atoms with van der Waals surface area (Å²) in [4.78, 5) is 2.28. The lowest BCUT2D eigenvalue weighted by molar-refractivity contribution is 0.464. The van der Waals surface area contributed by atoms with Crippen molar-refractivity contribution in [3.8, 4) is 0 Å². The van der Waals surface area contributed by atoms with Crippen LogP contribution in [0.3, 0.4) is 0 Å². The molecular formula is C12H13N3O. The van der Waals surface area contributed by atoms with Crippen LogP contribution in [0.5, 0.6) is 0 Å². The van der Waals surface area contributed by atoms with E-state index in [1.54, 1.807) is 0 Å². The zero-order chi connectivity index (χ0) is 11.0. The minimum absolute atomic E-state index is 0.627. The number of fused-ring (bicyclic) bond motifs is 1. The van der Waals surface area contributed by atoms with Gasteiger partial charge in [-0.1, -0.05) is 18.2 Å². The van der Waals surface area contributed by atoms with Crippen LogP contribution in [0.4, 0.5) is 5.69 Å². The van der Waals surface area contributed by atoms with Crippen LogP contribution >= 0.6 is 0 Å². The standard InChI is InChI=1S/C12H13N3O/c1-9-13-14-12(16-9)8-15-7-6-10-4-2-3-5-11(10)15/h2-5H,6-8H2,1H3. The van der Waals surface area contributed by atoms with Crippen molar-refractivity contribution in [1.29, 1.82) is 0 Å². The van der Waals surface area contributed by atoms with Crippen molar-refractivity contribution in [1.82, 2.24) is 10.2 Å². The molecule has 2 aromatic rings. The minimum atomic E-state index is 0.627. The first kappa shape index (κ1) is 9.39. The van der Waals surface area contributed by atoms with E-state index in [4.69, 9.17) is 4.42 Å². The first-order valence-electron chi connectivity index (χ1n) is 5.45. The number of benzene rings is 1. The lowest BCUT2D eigenvalue weighted by Crippen LogP contribution is -2.19. The van der Waals surface area contributed by atoms with E-state index in [2.05, 4.69) is 39.4 Å². The summed E-state index contributed by atoms with van der Waals surface area (Å²) in [6.45, 7) is 3.55. The van der Waals surface area contributed by atoms with Gasteiger partial charge in [-0.2, -0.15) is 0 Å². The Morgan fingerprint density at radius 2 is 2.19 bits per heavy atom. The molecule has 1 aliphatic heterocycles. The molecule has 0 radical (unpaired) electrons.